The number of rotatable bonds is 5. The number of nitrogens with one attached hydrogen (secondary N) is 1. The molecule has 1 aromatic carbocycles. The van der Waals surface area contributed by atoms with Crippen molar-refractivity contribution in [3.63, 3.8) is 0 Å². The molecule has 21 heavy (non-hydrogen) atoms. The molecule has 0 radical (unpaired) electrons. The largest absolute Gasteiger partial charge is 0.481 e. The van der Waals surface area contributed by atoms with E-state index in [4.69, 9.17) is 5.11 Å². The highest BCUT2D eigenvalue weighted by molar-refractivity contribution is 5.76. The van der Waals surface area contributed by atoms with Crippen molar-refractivity contribution in [3.05, 3.63) is 35.4 Å². The summed E-state index contributed by atoms with van der Waals surface area (Å²) >= 11 is 0. The van der Waals surface area contributed by atoms with Gasteiger partial charge in [0.25, 0.3) is 0 Å². The van der Waals surface area contributed by atoms with E-state index in [0.717, 1.165) is 19.3 Å². The van der Waals surface area contributed by atoms with E-state index < -0.39 is 5.97 Å². The van der Waals surface area contributed by atoms with Crippen molar-refractivity contribution in [2.45, 2.75) is 51.5 Å². The van der Waals surface area contributed by atoms with Crippen molar-refractivity contribution in [1.29, 1.82) is 0 Å². The van der Waals surface area contributed by atoms with Crippen LogP contribution in [0, 0.1) is 12.8 Å². The van der Waals surface area contributed by atoms with Crippen molar-refractivity contribution in [2.75, 3.05) is 0 Å². The summed E-state index contributed by atoms with van der Waals surface area (Å²) in [6.45, 7) is 2.05. The zero-order chi connectivity index (χ0) is 15.2. The molecule has 0 aliphatic heterocycles. The Bertz CT molecular complexity index is 487. The van der Waals surface area contributed by atoms with Crippen LogP contribution in [0.2, 0.25) is 0 Å². The van der Waals surface area contributed by atoms with Crippen LogP contribution < -0.4 is 5.32 Å². The third-order valence-electron chi connectivity index (χ3n) is 4.20. The lowest BCUT2D eigenvalue weighted by molar-refractivity contribution is -0.142. The van der Waals surface area contributed by atoms with Crippen molar-refractivity contribution >= 4 is 11.9 Å². The van der Waals surface area contributed by atoms with Crippen LogP contribution in [0.3, 0.4) is 0 Å². The molecule has 0 bridgehead atoms. The lowest BCUT2D eigenvalue weighted by Crippen LogP contribution is -2.38. The van der Waals surface area contributed by atoms with Crippen LogP contribution in [0.4, 0.5) is 0 Å². The average Bonchev–Trinajstić information content (AvgIpc) is 2.47. The maximum Gasteiger partial charge on any atom is 0.306 e. The summed E-state index contributed by atoms with van der Waals surface area (Å²) in [6, 6.07) is 8.37. The molecule has 4 heteroatoms. The first-order valence-electron chi connectivity index (χ1n) is 7.62. The first-order valence-corrected chi connectivity index (χ1v) is 7.62. The molecule has 1 aliphatic rings. The van der Waals surface area contributed by atoms with Crippen LogP contribution in [0.1, 0.15) is 43.2 Å². The van der Waals surface area contributed by atoms with Crippen LogP contribution in [-0.4, -0.2) is 23.0 Å². The lowest BCUT2D eigenvalue weighted by Gasteiger charge is -2.26. The normalized spacial score (nSPS) is 21.8. The third-order valence-corrected chi connectivity index (χ3v) is 4.20. The fourth-order valence-electron chi connectivity index (χ4n) is 2.80. The van der Waals surface area contributed by atoms with Gasteiger partial charge in [0.2, 0.25) is 5.91 Å². The summed E-state index contributed by atoms with van der Waals surface area (Å²) in [5.74, 6) is -0.876. The number of carboxylic acids is 1. The molecule has 1 saturated carbocycles. The number of amides is 1. The minimum absolute atomic E-state index is 0.0642. The molecule has 2 rings (SSSR count). The molecule has 0 aromatic heterocycles. The maximum atomic E-state index is 11.9. The first-order chi connectivity index (χ1) is 10.0. The van der Waals surface area contributed by atoms with Crippen LogP contribution in [0.15, 0.2) is 24.3 Å². The van der Waals surface area contributed by atoms with E-state index in [-0.39, 0.29) is 17.9 Å². The van der Waals surface area contributed by atoms with E-state index in [9.17, 15) is 9.59 Å². The van der Waals surface area contributed by atoms with E-state index in [1.54, 1.807) is 0 Å². The first kappa shape index (κ1) is 15.5. The Kier molecular flexibility index (Phi) is 5.37. The van der Waals surface area contributed by atoms with Crippen LogP contribution >= 0.6 is 0 Å². The van der Waals surface area contributed by atoms with E-state index in [1.165, 1.54) is 11.1 Å². The second-order valence-corrected chi connectivity index (χ2v) is 5.94. The molecular formula is C17H23NO3. The Morgan fingerprint density at radius 3 is 2.33 bits per heavy atom. The van der Waals surface area contributed by atoms with Crippen molar-refractivity contribution in [2.24, 2.45) is 5.92 Å². The average molecular weight is 289 g/mol. The van der Waals surface area contributed by atoms with E-state index in [2.05, 4.69) is 29.6 Å². The van der Waals surface area contributed by atoms with Crippen molar-refractivity contribution < 1.29 is 14.7 Å². The Balaban J connectivity index is 1.70. The Morgan fingerprint density at radius 1 is 1.14 bits per heavy atom. The van der Waals surface area contributed by atoms with Crippen molar-refractivity contribution in [1.82, 2.24) is 5.32 Å². The van der Waals surface area contributed by atoms with Gasteiger partial charge in [-0.25, -0.2) is 0 Å². The molecule has 0 unspecified atom stereocenters. The van der Waals surface area contributed by atoms with E-state index in [0.29, 0.717) is 19.3 Å². The standard InChI is InChI=1S/C17H23NO3/c1-12-2-4-13(5-3-12)6-11-16(19)18-15-9-7-14(8-10-15)17(20)21/h2-5,14-15H,6-11H2,1H3,(H,18,19)(H,20,21). The zero-order valence-electron chi connectivity index (χ0n) is 12.5. The summed E-state index contributed by atoms with van der Waals surface area (Å²) in [5, 5.41) is 12.0. The highest BCUT2D eigenvalue weighted by Crippen LogP contribution is 2.24. The number of hydrogen-bond donors (Lipinski definition) is 2. The molecular weight excluding hydrogens is 266 g/mol. The topological polar surface area (TPSA) is 66.4 Å². The molecule has 1 aliphatic carbocycles. The zero-order valence-corrected chi connectivity index (χ0v) is 12.5. The minimum Gasteiger partial charge on any atom is -0.481 e. The molecule has 1 aromatic rings. The highest BCUT2D eigenvalue weighted by Gasteiger charge is 2.26. The van der Waals surface area contributed by atoms with Gasteiger partial charge in [-0.3, -0.25) is 9.59 Å². The second-order valence-electron chi connectivity index (χ2n) is 5.94. The van der Waals surface area contributed by atoms with Gasteiger partial charge < -0.3 is 10.4 Å². The van der Waals surface area contributed by atoms with Gasteiger partial charge in [-0.15, -0.1) is 0 Å². The van der Waals surface area contributed by atoms with Gasteiger partial charge in [0.15, 0.2) is 0 Å². The Labute approximate surface area is 125 Å². The van der Waals surface area contributed by atoms with Gasteiger partial charge in [0, 0.05) is 12.5 Å². The maximum absolute atomic E-state index is 11.9. The van der Waals surface area contributed by atoms with Gasteiger partial charge in [0.05, 0.1) is 5.92 Å². The number of carboxylic acid groups (broad SMARTS) is 1. The van der Waals surface area contributed by atoms with Crippen molar-refractivity contribution in [3.8, 4) is 0 Å². The van der Waals surface area contributed by atoms with Gasteiger partial charge in [-0.05, 0) is 44.6 Å². The number of aryl methyl sites for hydroxylation is 2. The van der Waals surface area contributed by atoms with Gasteiger partial charge >= 0.3 is 5.97 Å². The minimum atomic E-state index is -0.709. The molecule has 1 amide bonds. The highest BCUT2D eigenvalue weighted by atomic mass is 16.4. The molecule has 2 N–H and O–H groups in total. The quantitative estimate of drug-likeness (QED) is 0.876. The third kappa shape index (κ3) is 4.88. The fraction of sp³-hybridized carbons (Fsp3) is 0.529. The second kappa shape index (κ2) is 7.25. The number of hydrogen-bond acceptors (Lipinski definition) is 2. The predicted octanol–water partition coefficient (Wildman–Crippen LogP) is 2.69. The van der Waals surface area contributed by atoms with Gasteiger partial charge in [-0.2, -0.15) is 0 Å². The monoisotopic (exact) mass is 289 g/mol. The summed E-state index contributed by atoms with van der Waals surface area (Å²) in [6.07, 6.45) is 4.11. The molecule has 4 nitrogen and oxygen atoms in total. The Morgan fingerprint density at radius 2 is 1.76 bits per heavy atom. The lowest BCUT2D eigenvalue weighted by atomic mass is 9.86. The molecule has 0 atom stereocenters. The van der Waals surface area contributed by atoms with Crippen LogP contribution in [-0.2, 0) is 16.0 Å². The van der Waals surface area contributed by atoms with Crippen LogP contribution in [0.25, 0.3) is 0 Å². The van der Waals surface area contributed by atoms with E-state index >= 15 is 0 Å². The molecule has 0 spiro atoms. The summed E-state index contributed by atoms with van der Waals surface area (Å²) in [5.41, 5.74) is 2.39. The summed E-state index contributed by atoms with van der Waals surface area (Å²) < 4.78 is 0. The summed E-state index contributed by atoms with van der Waals surface area (Å²) in [4.78, 5) is 22.8. The molecule has 1 fully saturated rings. The van der Waals surface area contributed by atoms with Gasteiger partial charge in [-0.1, -0.05) is 29.8 Å². The number of benzene rings is 1. The SMILES string of the molecule is Cc1ccc(CCC(=O)NC2CCC(C(=O)O)CC2)cc1. The molecule has 0 heterocycles. The Hall–Kier alpha value is -1.84. The fourth-order valence-corrected chi connectivity index (χ4v) is 2.80. The number of aliphatic carboxylic acids is 1. The number of carbonyl (C=O) groups excluding carboxylic acids is 1. The smallest absolute Gasteiger partial charge is 0.306 e. The van der Waals surface area contributed by atoms with Crippen LogP contribution in [0.5, 0.6) is 0 Å². The summed E-state index contributed by atoms with van der Waals surface area (Å²) in [7, 11) is 0. The predicted molar refractivity (Wildman–Crippen MR) is 81.0 cm³/mol. The van der Waals surface area contributed by atoms with Gasteiger partial charge in [0.1, 0.15) is 0 Å². The molecule has 114 valence electrons. The molecule has 0 saturated heterocycles. The number of carbonyl (C=O) groups is 2. The van der Waals surface area contributed by atoms with E-state index in [1.807, 2.05) is 6.92 Å².